The Bertz CT molecular complexity index is 313. The van der Waals surface area contributed by atoms with Crippen LogP contribution in [0, 0.1) is 0 Å². The van der Waals surface area contributed by atoms with Gasteiger partial charge in [0.25, 0.3) is 0 Å². The van der Waals surface area contributed by atoms with Crippen LogP contribution in [0.3, 0.4) is 0 Å². The van der Waals surface area contributed by atoms with Crippen LogP contribution < -0.4 is 10.2 Å². The van der Waals surface area contributed by atoms with Crippen LogP contribution in [0.2, 0.25) is 0 Å². The molecule has 2 N–H and O–H groups in total. The molecule has 0 saturated heterocycles. The first-order valence-corrected chi connectivity index (χ1v) is 5.22. The van der Waals surface area contributed by atoms with Gasteiger partial charge in [-0.25, -0.2) is 0 Å². The van der Waals surface area contributed by atoms with E-state index < -0.39 is 7.12 Å². The molecule has 82 valence electrons. The first-order valence-electron chi connectivity index (χ1n) is 5.22. The summed E-state index contributed by atoms with van der Waals surface area (Å²) in [5.74, 6) is 0.519. The lowest BCUT2D eigenvalue weighted by atomic mass is 9.78. The summed E-state index contributed by atoms with van der Waals surface area (Å²) in [6.07, 6.45) is 3.19. The standard InChI is InChI=1S/C11H17BO3/c1-3-4-5-9-6-7-11(15-2)10(8-9)12(13)14/h6-8,13-14H,3-5H2,1-2H3. The Kier molecular flexibility index (Phi) is 4.65. The largest absolute Gasteiger partial charge is 0.497 e. The third kappa shape index (κ3) is 3.25. The first-order chi connectivity index (χ1) is 7.19. The summed E-state index contributed by atoms with van der Waals surface area (Å²) in [5.41, 5.74) is 1.55. The molecule has 3 nitrogen and oxygen atoms in total. The van der Waals surface area contributed by atoms with Crippen LogP contribution in [-0.4, -0.2) is 24.3 Å². The van der Waals surface area contributed by atoms with Crippen molar-refractivity contribution in [1.29, 1.82) is 0 Å². The molecule has 0 aliphatic carbocycles. The number of unbranched alkanes of at least 4 members (excludes halogenated alkanes) is 1. The molecule has 0 unspecified atom stereocenters. The number of rotatable bonds is 5. The lowest BCUT2D eigenvalue weighted by Crippen LogP contribution is -2.31. The van der Waals surface area contributed by atoms with Gasteiger partial charge in [-0.1, -0.05) is 25.5 Å². The molecular weight excluding hydrogens is 191 g/mol. The molecule has 1 rings (SSSR count). The van der Waals surface area contributed by atoms with Gasteiger partial charge in [-0.2, -0.15) is 0 Å². The molecule has 0 atom stereocenters. The molecule has 0 aliphatic heterocycles. The Morgan fingerprint density at radius 2 is 2.07 bits per heavy atom. The molecule has 0 bridgehead atoms. The molecular formula is C11H17BO3. The second-order valence-corrected chi connectivity index (χ2v) is 3.55. The molecule has 0 aromatic heterocycles. The topological polar surface area (TPSA) is 49.7 Å². The number of hydrogen-bond acceptors (Lipinski definition) is 3. The summed E-state index contributed by atoms with van der Waals surface area (Å²) < 4.78 is 5.05. The van der Waals surface area contributed by atoms with Crippen molar-refractivity contribution in [2.45, 2.75) is 26.2 Å². The predicted molar refractivity (Wildman–Crippen MR) is 61.4 cm³/mol. The van der Waals surface area contributed by atoms with Gasteiger partial charge >= 0.3 is 7.12 Å². The normalized spacial score (nSPS) is 10.1. The van der Waals surface area contributed by atoms with Crippen LogP contribution in [0.15, 0.2) is 18.2 Å². The molecule has 0 amide bonds. The fraction of sp³-hybridized carbons (Fsp3) is 0.455. The quantitative estimate of drug-likeness (QED) is 0.701. The fourth-order valence-corrected chi connectivity index (χ4v) is 1.52. The monoisotopic (exact) mass is 208 g/mol. The van der Waals surface area contributed by atoms with Gasteiger partial charge in [-0.15, -0.1) is 0 Å². The van der Waals surface area contributed by atoms with Gasteiger partial charge in [0.2, 0.25) is 0 Å². The van der Waals surface area contributed by atoms with E-state index in [0.29, 0.717) is 11.2 Å². The maximum atomic E-state index is 9.16. The molecule has 0 saturated carbocycles. The highest BCUT2D eigenvalue weighted by Crippen LogP contribution is 2.11. The highest BCUT2D eigenvalue weighted by atomic mass is 16.5. The molecule has 1 aromatic carbocycles. The summed E-state index contributed by atoms with van der Waals surface area (Å²) in [5, 5.41) is 18.3. The highest BCUT2D eigenvalue weighted by molar-refractivity contribution is 6.59. The van der Waals surface area contributed by atoms with Crippen molar-refractivity contribution in [2.75, 3.05) is 7.11 Å². The lowest BCUT2D eigenvalue weighted by Gasteiger charge is -2.09. The molecule has 0 aliphatic rings. The number of benzene rings is 1. The average Bonchev–Trinajstić information content (AvgIpc) is 2.25. The van der Waals surface area contributed by atoms with Gasteiger partial charge in [0.15, 0.2) is 0 Å². The Labute approximate surface area is 90.9 Å². The summed E-state index contributed by atoms with van der Waals surface area (Å²) in [6.45, 7) is 2.13. The Balaban J connectivity index is 2.89. The predicted octanol–water partition coefficient (Wildman–Crippen LogP) is 0.718. The minimum atomic E-state index is -1.47. The van der Waals surface area contributed by atoms with Crippen molar-refractivity contribution >= 4 is 12.6 Å². The molecule has 0 heterocycles. The van der Waals surface area contributed by atoms with Crippen LogP contribution in [0.4, 0.5) is 0 Å². The SMILES string of the molecule is CCCCc1ccc(OC)c(B(O)O)c1. The van der Waals surface area contributed by atoms with Gasteiger partial charge in [0.05, 0.1) is 7.11 Å². The number of ether oxygens (including phenoxy) is 1. The third-order valence-corrected chi connectivity index (χ3v) is 2.39. The van der Waals surface area contributed by atoms with E-state index in [0.717, 1.165) is 24.8 Å². The zero-order valence-corrected chi connectivity index (χ0v) is 9.23. The van der Waals surface area contributed by atoms with Crippen LogP contribution >= 0.6 is 0 Å². The van der Waals surface area contributed by atoms with E-state index in [4.69, 9.17) is 14.8 Å². The van der Waals surface area contributed by atoms with Crippen molar-refractivity contribution in [1.82, 2.24) is 0 Å². The van der Waals surface area contributed by atoms with E-state index in [1.54, 1.807) is 12.1 Å². The van der Waals surface area contributed by atoms with Crippen molar-refractivity contribution in [3.63, 3.8) is 0 Å². The smallest absolute Gasteiger partial charge is 0.492 e. The van der Waals surface area contributed by atoms with Crippen molar-refractivity contribution in [3.8, 4) is 5.75 Å². The maximum Gasteiger partial charge on any atom is 0.492 e. The Morgan fingerprint density at radius 3 is 2.60 bits per heavy atom. The maximum absolute atomic E-state index is 9.16. The van der Waals surface area contributed by atoms with Gasteiger partial charge in [-0.3, -0.25) is 0 Å². The van der Waals surface area contributed by atoms with Gasteiger partial charge in [0.1, 0.15) is 5.75 Å². The second kappa shape index (κ2) is 5.78. The summed E-state index contributed by atoms with van der Waals surface area (Å²) in [6, 6.07) is 5.53. The average molecular weight is 208 g/mol. The van der Waals surface area contributed by atoms with E-state index in [2.05, 4.69) is 6.92 Å². The van der Waals surface area contributed by atoms with Crippen molar-refractivity contribution in [3.05, 3.63) is 23.8 Å². The number of hydrogen-bond donors (Lipinski definition) is 2. The van der Waals surface area contributed by atoms with Crippen molar-refractivity contribution < 1.29 is 14.8 Å². The van der Waals surface area contributed by atoms with Crippen LogP contribution in [0.5, 0.6) is 5.75 Å². The minimum absolute atomic E-state index is 0.436. The minimum Gasteiger partial charge on any atom is -0.497 e. The highest BCUT2D eigenvalue weighted by Gasteiger charge is 2.16. The number of methoxy groups -OCH3 is 1. The lowest BCUT2D eigenvalue weighted by molar-refractivity contribution is 0.403. The van der Waals surface area contributed by atoms with E-state index in [9.17, 15) is 0 Å². The zero-order valence-electron chi connectivity index (χ0n) is 9.23. The van der Waals surface area contributed by atoms with Crippen LogP contribution in [-0.2, 0) is 6.42 Å². The van der Waals surface area contributed by atoms with Crippen LogP contribution in [0.1, 0.15) is 25.3 Å². The number of aryl methyl sites for hydroxylation is 1. The molecule has 0 spiro atoms. The van der Waals surface area contributed by atoms with Gasteiger partial charge in [-0.05, 0) is 24.5 Å². The van der Waals surface area contributed by atoms with Gasteiger partial charge in [0, 0.05) is 5.46 Å². The summed E-state index contributed by atoms with van der Waals surface area (Å²) >= 11 is 0. The van der Waals surface area contributed by atoms with Gasteiger partial charge < -0.3 is 14.8 Å². The molecule has 1 aromatic rings. The van der Waals surface area contributed by atoms with E-state index in [1.807, 2.05) is 6.07 Å². The summed E-state index contributed by atoms with van der Waals surface area (Å²) in [7, 11) is 0.0500. The Hall–Kier alpha value is -0.995. The molecule has 15 heavy (non-hydrogen) atoms. The second-order valence-electron chi connectivity index (χ2n) is 3.55. The molecule has 0 radical (unpaired) electrons. The van der Waals surface area contributed by atoms with Crippen molar-refractivity contribution in [2.24, 2.45) is 0 Å². The Morgan fingerprint density at radius 1 is 1.33 bits per heavy atom. The van der Waals surface area contributed by atoms with E-state index in [-0.39, 0.29) is 0 Å². The van der Waals surface area contributed by atoms with Crippen LogP contribution in [0.25, 0.3) is 0 Å². The first kappa shape index (κ1) is 12.1. The van der Waals surface area contributed by atoms with E-state index >= 15 is 0 Å². The summed E-state index contributed by atoms with van der Waals surface area (Å²) in [4.78, 5) is 0. The molecule has 0 fully saturated rings. The molecule has 4 heteroatoms. The van der Waals surface area contributed by atoms with E-state index in [1.165, 1.54) is 7.11 Å². The fourth-order valence-electron chi connectivity index (χ4n) is 1.52. The third-order valence-electron chi connectivity index (χ3n) is 2.39. The zero-order chi connectivity index (χ0) is 11.3.